The first-order valence-corrected chi connectivity index (χ1v) is 40.4. The van der Waals surface area contributed by atoms with Crippen LogP contribution in [0.25, 0.3) is 0 Å². The normalized spacial score (nSPS) is 25.8. The fourth-order valence-electron chi connectivity index (χ4n) is 14.9. The van der Waals surface area contributed by atoms with Gasteiger partial charge in [-0.05, 0) is 122 Å². The summed E-state index contributed by atoms with van der Waals surface area (Å²) in [7, 11) is -9.21. The van der Waals surface area contributed by atoms with Gasteiger partial charge in [-0.25, -0.2) is 54.4 Å². The van der Waals surface area contributed by atoms with E-state index in [0.29, 0.717) is 22.3 Å². The molecule has 6 heterocycles. The monoisotopic (exact) mass is 1660 g/mol. The van der Waals surface area contributed by atoms with Crippen LogP contribution < -0.4 is 21.3 Å². The Labute approximate surface area is 665 Å². The molecule has 5 N–H and O–H groups in total. The highest BCUT2D eigenvalue weighted by Gasteiger charge is 2.64. The van der Waals surface area contributed by atoms with Gasteiger partial charge in [0.2, 0.25) is 43.7 Å². The topological polar surface area (TPSA) is 459 Å². The molecule has 4 aromatic rings. The van der Waals surface area contributed by atoms with Crippen molar-refractivity contribution in [2.75, 3.05) is 45.9 Å². The van der Waals surface area contributed by atoms with Crippen molar-refractivity contribution >= 4 is 91.4 Å². The zero-order valence-corrected chi connectivity index (χ0v) is 66.1. The number of nitro benzene ring substituents is 2. The lowest BCUT2D eigenvalue weighted by molar-refractivity contribution is -0.388. The number of carboxylic acids is 1. The second-order valence-corrected chi connectivity index (χ2v) is 35.0. The third-order valence-electron chi connectivity index (χ3n) is 20.8. The molecule has 2 saturated carbocycles. The van der Waals surface area contributed by atoms with Crippen LogP contribution in [0.5, 0.6) is 0 Å². The first-order valence-electron chi connectivity index (χ1n) is 37.5. The minimum Gasteiger partial charge on any atom is -0.479 e. The molecule has 2 aliphatic carbocycles. The van der Waals surface area contributed by atoms with E-state index < -0.39 is 213 Å². The van der Waals surface area contributed by atoms with E-state index in [0.717, 1.165) is 42.7 Å². The zero-order valence-electron chi connectivity index (χ0n) is 64.4. The van der Waals surface area contributed by atoms with Gasteiger partial charge >= 0.3 is 36.3 Å². The van der Waals surface area contributed by atoms with Gasteiger partial charge < -0.3 is 59.9 Å². The van der Waals surface area contributed by atoms with Gasteiger partial charge in [-0.2, -0.15) is 8.61 Å². The van der Waals surface area contributed by atoms with Crippen LogP contribution in [0.3, 0.4) is 0 Å². The summed E-state index contributed by atoms with van der Waals surface area (Å²) in [6, 6.07) is 12.7. The molecule has 4 aromatic carbocycles. The van der Waals surface area contributed by atoms with E-state index >= 15 is 0 Å². The number of carbonyl (C=O) groups excluding carboxylic acids is 9. The lowest BCUT2D eigenvalue weighted by Crippen LogP contribution is -2.57. The molecule has 10 atom stereocenters. The van der Waals surface area contributed by atoms with Gasteiger partial charge in [-0.1, -0.05) is 72.8 Å². The van der Waals surface area contributed by atoms with Gasteiger partial charge in [0, 0.05) is 87.2 Å². The number of amides is 8. The second kappa shape index (κ2) is 34.3. The fourth-order valence-corrected chi connectivity index (χ4v) is 18.2. The summed E-state index contributed by atoms with van der Waals surface area (Å²) in [5, 5.41) is 44.3. The van der Waals surface area contributed by atoms with Crippen molar-refractivity contribution in [3.05, 3.63) is 163 Å². The van der Waals surface area contributed by atoms with Crippen molar-refractivity contribution in [3.63, 3.8) is 0 Å². The van der Waals surface area contributed by atoms with E-state index in [2.05, 4.69) is 21.3 Å². The third-order valence-corrected chi connectivity index (χ3v) is 24.7. The molecule has 40 heteroatoms. The van der Waals surface area contributed by atoms with Crippen LogP contribution in [0.2, 0.25) is 0 Å². The minimum absolute atomic E-state index is 0.000319. The molecular formula is C76H90F2N12O24S2. The third kappa shape index (κ3) is 19.1. The summed E-state index contributed by atoms with van der Waals surface area (Å²) in [5.41, 5.74) is -4.82. The van der Waals surface area contributed by atoms with Crippen molar-refractivity contribution < 1.29 is 112 Å². The average molecular weight is 1660 g/mol. The first-order chi connectivity index (χ1) is 54.6. The summed E-state index contributed by atoms with van der Waals surface area (Å²) in [6.07, 6.45) is -0.681. The van der Waals surface area contributed by atoms with Crippen LogP contribution in [0, 0.1) is 43.7 Å². The van der Waals surface area contributed by atoms with Crippen LogP contribution in [0.1, 0.15) is 122 Å². The number of carbonyl (C=O) groups is 10. The average Bonchev–Trinajstić information content (AvgIpc) is 1.58. The lowest BCUT2D eigenvalue weighted by atomic mass is 10.1. The van der Waals surface area contributed by atoms with Crippen molar-refractivity contribution in [1.82, 2.24) is 49.5 Å². The number of esters is 1. The number of benzene rings is 4. The van der Waals surface area contributed by atoms with Crippen LogP contribution in [-0.2, 0) is 98.7 Å². The quantitative estimate of drug-likeness (QED) is 0.0310. The van der Waals surface area contributed by atoms with Crippen molar-refractivity contribution in [1.29, 1.82) is 0 Å². The van der Waals surface area contributed by atoms with Crippen LogP contribution in [0.15, 0.2) is 119 Å². The molecule has 12 rings (SSSR count). The highest BCUT2D eigenvalue weighted by atomic mass is 32.2. The molecule has 116 heavy (non-hydrogen) atoms. The maximum absolute atomic E-state index is 14.7. The predicted molar refractivity (Wildman–Crippen MR) is 401 cm³/mol. The number of sulfonamides is 2. The zero-order chi connectivity index (χ0) is 84.3. The molecule has 0 aromatic heterocycles. The van der Waals surface area contributed by atoms with Crippen molar-refractivity contribution in [2.45, 2.75) is 194 Å². The van der Waals surface area contributed by atoms with Gasteiger partial charge in [0.25, 0.3) is 11.4 Å². The van der Waals surface area contributed by atoms with Crippen molar-refractivity contribution in [2.24, 2.45) is 11.8 Å². The van der Waals surface area contributed by atoms with E-state index in [1.54, 1.807) is 78.8 Å². The molecule has 0 unspecified atom stereocenters. The van der Waals surface area contributed by atoms with Gasteiger partial charge in [-0.15, -0.1) is 0 Å². The molecule has 4 fully saturated rings. The Hall–Kier alpha value is -11.3. The number of fused-ring (bicyclic) bond motifs is 6. The van der Waals surface area contributed by atoms with Gasteiger partial charge in [0.05, 0.1) is 42.6 Å². The molecule has 624 valence electrons. The van der Waals surface area contributed by atoms with Gasteiger partial charge in [-0.3, -0.25) is 49.2 Å². The molecule has 0 spiro atoms. The first kappa shape index (κ1) is 85.6. The summed E-state index contributed by atoms with van der Waals surface area (Å²) in [4.78, 5) is 162. The number of ether oxygens (including phenoxy) is 5. The smallest absolute Gasteiger partial charge is 0.410 e. The predicted octanol–water partition coefficient (Wildman–Crippen LogP) is 6.58. The summed E-state index contributed by atoms with van der Waals surface area (Å²) < 4.78 is 115. The number of alkyl carbamates (subject to hydrolysis) is 2. The lowest BCUT2D eigenvalue weighted by Gasteiger charge is -2.31. The maximum atomic E-state index is 14.7. The Kier molecular flexibility index (Phi) is 25.3. The minimum atomic E-state index is -4.61. The number of rotatable bonds is 13. The Bertz CT molecular complexity index is 4890. The number of nitrogens with one attached hydrogen (secondary N) is 4. The number of hydrogen-bond donors (Lipinski definition) is 5. The highest BCUT2D eigenvalue weighted by Crippen LogP contribution is 2.48. The summed E-state index contributed by atoms with van der Waals surface area (Å²) in [5.74, 6) is -7.71. The van der Waals surface area contributed by atoms with E-state index in [1.165, 1.54) is 64.4 Å². The molecule has 36 nitrogen and oxygen atoms in total. The Morgan fingerprint density at radius 1 is 0.578 bits per heavy atom. The maximum Gasteiger partial charge on any atom is 0.410 e. The molecule has 6 aliphatic heterocycles. The number of hydrogen-bond acceptors (Lipinski definition) is 23. The number of para-hydroxylation sites is 2. The molecule has 8 aliphatic rings. The van der Waals surface area contributed by atoms with Crippen LogP contribution >= 0.6 is 0 Å². The van der Waals surface area contributed by atoms with Gasteiger partial charge in [0.15, 0.2) is 9.79 Å². The Morgan fingerprint density at radius 2 is 0.974 bits per heavy atom. The number of aliphatic carboxylic acids is 1. The van der Waals surface area contributed by atoms with Crippen LogP contribution in [0.4, 0.5) is 39.3 Å². The second-order valence-electron chi connectivity index (χ2n) is 31.2. The SMILES string of the molecule is CC(C)(C)OC(=O)N[C@H]1CCN(S(=O)(=O)c2ccccc2[N+](=O)[O-])CC/C=C\[C@@H]2C[C@@]2(C(=O)O)NC(=O)[C@@H]2C[C@@H](OC(=O)N3Cc4cccc(F)c4C3)CN2C1=O.CCOC(=O)[C@@]12C[C@H]1/C=C\CCN(S(=O)(=O)c1ccccc1[N+](=O)[O-])CC[C@H](NC(=O)OC(C)(C)C)C(=O)N1C[C@H](OC(=O)N3Cc4cccc(F)c4C3)C[C@H]1C(=O)N2. The van der Waals surface area contributed by atoms with Crippen molar-refractivity contribution in [3.8, 4) is 0 Å². The molecule has 8 amide bonds. The largest absolute Gasteiger partial charge is 0.479 e. The number of nitro groups is 2. The van der Waals surface area contributed by atoms with E-state index in [9.17, 15) is 98.9 Å². The van der Waals surface area contributed by atoms with E-state index in [4.69, 9.17) is 23.7 Å². The molecule has 0 radical (unpaired) electrons. The molecule has 0 bridgehead atoms. The van der Waals surface area contributed by atoms with E-state index in [-0.39, 0.29) is 104 Å². The summed E-state index contributed by atoms with van der Waals surface area (Å²) >= 11 is 0. The highest BCUT2D eigenvalue weighted by molar-refractivity contribution is 7.89. The molecular weight excluding hydrogens is 1570 g/mol. The number of halogens is 2. The van der Waals surface area contributed by atoms with E-state index in [1.807, 2.05) is 0 Å². The number of carboxylic acid groups (broad SMARTS) is 1. The Balaban J connectivity index is 0.000000228. The fraction of sp³-hybridized carbons (Fsp3) is 0.500. The Morgan fingerprint density at radius 3 is 1.36 bits per heavy atom. The molecule has 2 saturated heterocycles. The van der Waals surface area contributed by atoms with Gasteiger partial charge in [0.1, 0.15) is 70.3 Å². The summed E-state index contributed by atoms with van der Waals surface area (Å²) in [6.45, 7) is 9.00. The van der Waals surface area contributed by atoms with Crippen LogP contribution in [-0.4, -0.2) is 224 Å². The number of nitrogens with zero attached hydrogens (tertiary/aromatic N) is 8. The standard InChI is InChI=1S/C39H47FN6O12S.C37H43FN6O12S/c1-5-56-35(49)39-20-25(39)12-8-9-17-44(59(54,55)32-15-7-6-14-30(32)46(52)53)18-16-29(41-36(50)58-38(2,3)4)34(48)45-22-26(19-31(45)33(47)42-39)57-37(51)43-21-24-11-10-13-28(40)27(24)23-43;1-36(2,3)56-34(49)39-27-14-16-42(57(53,54)30-13-5-4-12-28(30)44(51)52)15-7-6-10-23-18-37(23,33(47)48)40-31(45)29-17-24(20-43(29)32(27)46)55-35(50)41-19-22-9-8-11-26(38)25(22)21-41/h6-8,10-15,25-26,29,31H,5,9,16-23H2,1-4H3,(H,41,50)(H,42,47);4-6,8-13,23-24,27,29H,7,14-21H2,1-3H3,(H,39,49)(H,40,45)(H,47,48)/b12-8-;10-6-/t25-,26-,29+,31+,39-;23-,24-,27+,29+,37-/m11/s1.